The molecule has 1 saturated heterocycles. The Hall–Kier alpha value is -1.17. The number of amides is 1. The molecule has 1 unspecified atom stereocenters. The molecule has 1 atom stereocenters. The number of carbonyl (C=O) groups is 1. The molecule has 18 heavy (non-hydrogen) atoms. The van der Waals surface area contributed by atoms with Gasteiger partial charge in [0.2, 0.25) is 0 Å². The molecular formula is C12H13ClFNO3. The van der Waals surface area contributed by atoms with Gasteiger partial charge in [-0.1, -0.05) is 11.6 Å². The van der Waals surface area contributed by atoms with E-state index in [4.69, 9.17) is 16.3 Å². The van der Waals surface area contributed by atoms with Crippen LogP contribution in [0.25, 0.3) is 0 Å². The molecule has 1 amide bonds. The fraction of sp³-hybridized carbons (Fsp3) is 0.417. The summed E-state index contributed by atoms with van der Waals surface area (Å²) in [6.45, 7) is 0.921. The van der Waals surface area contributed by atoms with Crippen LogP contribution in [0.2, 0.25) is 5.02 Å². The summed E-state index contributed by atoms with van der Waals surface area (Å²) in [5.41, 5.74) is 0.235. The van der Waals surface area contributed by atoms with Crippen LogP contribution in [-0.4, -0.2) is 48.3 Å². The highest BCUT2D eigenvalue weighted by Gasteiger charge is 2.28. The molecule has 1 aliphatic rings. The molecule has 0 saturated carbocycles. The van der Waals surface area contributed by atoms with Gasteiger partial charge in [-0.15, -0.1) is 0 Å². The Morgan fingerprint density at radius 3 is 3.06 bits per heavy atom. The number of ether oxygens (including phenoxy) is 1. The fourth-order valence-electron chi connectivity index (χ4n) is 1.89. The maximum absolute atomic E-state index is 12.9. The maximum Gasteiger partial charge on any atom is 0.255 e. The minimum absolute atomic E-state index is 0.0724. The largest absolute Gasteiger partial charge is 0.394 e. The van der Waals surface area contributed by atoms with E-state index in [1.807, 2.05) is 0 Å². The zero-order valence-corrected chi connectivity index (χ0v) is 10.4. The standard InChI is InChI=1S/C12H13ClFNO3/c13-11-5-8(14)1-2-10(11)12(17)15-3-4-18-7-9(15)6-16/h1-2,5,9,16H,3-4,6-7H2. The van der Waals surface area contributed by atoms with Crippen molar-refractivity contribution in [1.82, 2.24) is 4.90 Å². The van der Waals surface area contributed by atoms with Gasteiger partial charge in [0.15, 0.2) is 0 Å². The number of nitrogens with zero attached hydrogens (tertiary/aromatic N) is 1. The first-order valence-corrected chi connectivity index (χ1v) is 5.96. The van der Waals surface area contributed by atoms with Gasteiger partial charge in [-0.25, -0.2) is 4.39 Å². The molecule has 1 aromatic carbocycles. The smallest absolute Gasteiger partial charge is 0.255 e. The van der Waals surface area contributed by atoms with Gasteiger partial charge < -0.3 is 14.7 Å². The van der Waals surface area contributed by atoms with Crippen LogP contribution in [0.3, 0.4) is 0 Å². The Morgan fingerprint density at radius 1 is 1.61 bits per heavy atom. The first-order valence-electron chi connectivity index (χ1n) is 5.58. The molecule has 1 N–H and O–H groups in total. The van der Waals surface area contributed by atoms with Crippen LogP contribution in [0.4, 0.5) is 4.39 Å². The third-order valence-corrected chi connectivity index (χ3v) is 3.17. The molecule has 0 aliphatic carbocycles. The van der Waals surface area contributed by atoms with Gasteiger partial charge >= 0.3 is 0 Å². The van der Waals surface area contributed by atoms with Crippen molar-refractivity contribution < 1.29 is 19.0 Å². The lowest BCUT2D eigenvalue weighted by Gasteiger charge is -2.34. The number of hydrogen-bond acceptors (Lipinski definition) is 3. The molecule has 0 bridgehead atoms. The average Bonchev–Trinajstić information content (AvgIpc) is 2.38. The first-order chi connectivity index (χ1) is 8.63. The molecule has 1 heterocycles. The number of rotatable bonds is 2. The van der Waals surface area contributed by atoms with Gasteiger partial charge in [0.1, 0.15) is 5.82 Å². The Kier molecular flexibility index (Phi) is 4.16. The average molecular weight is 274 g/mol. The number of morpholine rings is 1. The molecule has 4 nitrogen and oxygen atoms in total. The summed E-state index contributed by atoms with van der Waals surface area (Å²) < 4.78 is 18.1. The van der Waals surface area contributed by atoms with Crippen molar-refractivity contribution in [3.8, 4) is 0 Å². The second kappa shape index (κ2) is 5.65. The van der Waals surface area contributed by atoms with Gasteiger partial charge in [0.05, 0.1) is 36.4 Å². The Bertz CT molecular complexity index is 455. The zero-order valence-electron chi connectivity index (χ0n) is 9.60. The molecule has 1 aliphatic heterocycles. The molecule has 1 fully saturated rings. The molecule has 0 spiro atoms. The van der Waals surface area contributed by atoms with Crippen molar-refractivity contribution in [2.24, 2.45) is 0 Å². The minimum atomic E-state index is -0.489. The van der Waals surface area contributed by atoms with Crippen molar-refractivity contribution in [1.29, 1.82) is 0 Å². The van der Waals surface area contributed by atoms with Crippen molar-refractivity contribution in [2.45, 2.75) is 6.04 Å². The van der Waals surface area contributed by atoms with E-state index in [1.165, 1.54) is 17.0 Å². The van der Waals surface area contributed by atoms with Crippen LogP contribution in [-0.2, 0) is 4.74 Å². The van der Waals surface area contributed by atoms with Crippen molar-refractivity contribution in [3.05, 3.63) is 34.6 Å². The van der Waals surface area contributed by atoms with Crippen LogP contribution >= 0.6 is 11.6 Å². The van der Waals surface area contributed by atoms with Crippen molar-refractivity contribution in [2.75, 3.05) is 26.4 Å². The summed E-state index contributed by atoms with van der Waals surface area (Å²) in [6, 6.07) is 3.26. The molecule has 2 rings (SSSR count). The third-order valence-electron chi connectivity index (χ3n) is 2.86. The summed E-state index contributed by atoms with van der Waals surface area (Å²) in [6.07, 6.45) is 0. The Morgan fingerprint density at radius 2 is 2.39 bits per heavy atom. The Balaban J connectivity index is 2.24. The lowest BCUT2D eigenvalue weighted by atomic mass is 10.1. The van der Waals surface area contributed by atoms with Gasteiger partial charge in [0, 0.05) is 6.54 Å². The normalized spacial score (nSPS) is 19.9. The predicted octanol–water partition coefficient (Wildman–Crippen LogP) is 1.31. The minimum Gasteiger partial charge on any atom is -0.394 e. The second-order valence-corrected chi connectivity index (χ2v) is 4.44. The van der Waals surface area contributed by atoms with E-state index in [0.717, 1.165) is 6.07 Å². The van der Waals surface area contributed by atoms with Crippen LogP contribution in [0, 0.1) is 5.82 Å². The van der Waals surface area contributed by atoms with Gasteiger partial charge in [-0.2, -0.15) is 0 Å². The van der Waals surface area contributed by atoms with Crippen LogP contribution < -0.4 is 0 Å². The van der Waals surface area contributed by atoms with Gasteiger partial charge in [-0.3, -0.25) is 4.79 Å². The molecule has 0 radical (unpaired) electrons. The van der Waals surface area contributed by atoms with Gasteiger partial charge in [0.25, 0.3) is 5.91 Å². The summed E-state index contributed by atoms with van der Waals surface area (Å²) >= 11 is 5.85. The van der Waals surface area contributed by atoms with Crippen LogP contribution in [0.1, 0.15) is 10.4 Å². The van der Waals surface area contributed by atoms with Crippen molar-refractivity contribution >= 4 is 17.5 Å². The lowest BCUT2D eigenvalue weighted by Crippen LogP contribution is -2.50. The zero-order chi connectivity index (χ0) is 13.1. The molecule has 98 valence electrons. The predicted molar refractivity (Wildman–Crippen MR) is 64.1 cm³/mol. The number of halogens is 2. The topological polar surface area (TPSA) is 49.8 Å². The number of aliphatic hydroxyl groups excluding tert-OH is 1. The van der Waals surface area contributed by atoms with E-state index >= 15 is 0 Å². The quantitative estimate of drug-likeness (QED) is 0.884. The highest BCUT2D eigenvalue weighted by atomic mass is 35.5. The summed E-state index contributed by atoms with van der Waals surface area (Å²) in [5.74, 6) is -0.806. The maximum atomic E-state index is 12.9. The second-order valence-electron chi connectivity index (χ2n) is 4.03. The van der Waals surface area contributed by atoms with E-state index < -0.39 is 5.82 Å². The lowest BCUT2D eigenvalue weighted by molar-refractivity contribution is -0.0183. The summed E-state index contributed by atoms with van der Waals surface area (Å²) in [5, 5.41) is 9.28. The highest BCUT2D eigenvalue weighted by molar-refractivity contribution is 6.33. The van der Waals surface area contributed by atoms with Crippen LogP contribution in [0.15, 0.2) is 18.2 Å². The van der Waals surface area contributed by atoms with Crippen LogP contribution in [0.5, 0.6) is 0 Å². The van der Waals surface area contributed by atoms with E-state index in [-0.39, 0.29) is 29.1 Å². The number of benzene rings is 1. The van der Waals surface area contributed by atoms with Crippen molar-refractivity contribution in [3.63, 3.8) is 0 Å². The molecule has 0 aromatic heterocycles. The summed E-state index contributed by atoms with van der Waals surface area (Å²) in [4.78, 5) is 13.8. The monoisotopic (exact) mass is 273 g/mol. The number of carbonyl (C=O) groups excluding carboxylic acids is 1. The highest BCUT2D eigenvalue weighted by Crippen LogP contribution is 2.21. The molecular weight excluding hydrogens is 261 g/mol. The SMILES string of the molecule is O=C(c1ccc(F)cc1Cl)N1CCOCC1CO. The van der Waals surface area contributed by atoms with E-state index in [0.29, 0.717) is 19.8 Å². The molecule has 1 aromatic rings. The van der Waals surface area contributed by atoms with Gasteiger partial charge in [-0.05, 0) is 18.2 Å². The first kappa shape index (κ1) is 13.3. The Labute approximate surface area is 109 Å². The number of aliphatic hydroxyl groups is 1. The van der Waals surface area contributed by atoms with E-state index in [2.05, 4.69) is 0 Å². The number of hydrogen-bond donors (Lipinski definition) is 1. The summed E-state index contributed by atoms with van der Waals surface area (Å²) in [7, 11) is 0. The van der Waals surface area contributed by atoms with E-state index in [1.54, 1.807) is 0 Å². The fourth-order valence-corrected chi connectivity index (χ4v) is 2.14. The third kappa shape index (κ3) is 2.63. The molecule has 6 heteroatoms. The van der Waals surface area contributed by atoms with E-state index in [9.17, 15) is 14.3 Å².